The molecule has 2 aromatic rings. The smallest absolute Gasteiger partial charge is 0.149 e. The molecule has 2 N–H and O–H groups in total. The van der Waals surface area contributed by atoms with Gasteiger partial charge in [0.25, 0.3) is 0 Å². The first-order valence-electron chi connectivity index (χ1n) is 5.16. The Morgan fingerprint density at radius 1 is 1.35 bits per heavy atom. The van der Waals surface area contributed by atoms with Gasteiger partial charge < -0.3 is 5.73 Å². The van der Waals surface area contributed by atoms with E-state index in [1.54, 1.807) is 11.3 Å². The summed E-state index contributed by atoms with van der Waals surface area (Å²) in [5.74, 6) is 0. The van der Waals surface area contributed by atoms with Crippen molar-refractivity contribution in [2.75, 3.05) is 0 Å². The van der Waals surface area contributed by atoms with E-state index in [4.69, 9.17) is 5.73 Å². The number of nitrogens with two attached hydrogens (primary N) is 1. The van der Waals surface area contributed by atoms with Crippen LogP contribution in [-0.4, -0.2) is 10.2 Å². The summed E-state index contributed by atoms with van der Waals surface area (Å²) >= 11 is 8.51. The van der Waals surface area contributed by atoms with E-state index in [2.05, 4.69) is 42.1 Å². The Kier molecular flexibility index (Phi) is 4.30. The fourth-order valence-electron chi connectivity index (χ4n) is 1.33. The van der Waals surface area contributed by atoms with Crippen molar-refractivity contribution in [2.45, 2.75) is 19.4 Å². The fraction of sp³-hybridized carbons (Fsp3) is 0.273. The molecule has 1 atom stereocenters. The summed E-state index contributed by atoms with van der Waals surface area (Å²) in [6.45, 7) is 2.04. The summed E-state index contributed by atoms with van der Waals surface area (Å²) in [5, 5.41) is 10.1. The molecule has 0 aliphatic heterocycles. The molecule has 1 aromatic carbocycles. The Morgan fingerprint density at radius 2 is 2.12 bits per heavy atom. The normalized spacial score (nSPS) is 12.7. The lowest BCUT2D eigenvalue weighted by Crippen LogP contribution is -2.07. The zero-order chi connectivity index (χ0) is 12.4. The van der Waals surface area contributed by atoms with Crippen LogP contribution < -0.4 is 5.73 Å². The van der Waals surface area contributed by atoms with Crippen LogP contribution in [0.5, 0.6) is 0 Å². The van der Waals surface area contributed by atoms with Gasteiger partial charge in [-0.2, -0.15) is 0 Å². The van der Waals surface area contributed by atoms with Crippen molar-refractivity contribution < 1.29 is 0 Å². The van der Waals surface area contributed by atoms with E-state index < -0.39 is 0 Å². The molecular weight excluding hydrogens is 366 g/mol. The molecule has 0 aliphatic carbocycles. The van der Waals surface area contributed by atoms with Crippen LogP contribution in [0.1, 0.15) is 24.4 Å². The van der Waals surface area contributed by atoms with Crippen LogP contribution in [0.4, 0.5) is 0 Å². The average molecular weight is 377 g/mol. The minimum atomic E-state index is -0.0211. The van der Waals surface area contributed by atoms with E-state index in [9.17, 15) is 0 Å². The molecule has 0 fully saturated rings. The number of hydrogen-bond donors (Lipinski definition) is 1. The molecule has 0 bridgehead atoms. The summed E-state index contributed by atoms with van der Waals surface area (Å²) in [5.41, 5.74) is 6.97. The Labute approximate surface area is 121 Å². The van der Waals surface area contributed by atoms with Gasteiger partial charge in [-0.05, 0) is 24.6 Å². The summed E-state index contributed by atoms with van der Waals surface area (Å²) in [6, 6.07) is 5.96. The first-order chi connectivity index (χ1) is 8.11. The number of benzene rings is 1. The fourth-order valence-corrected chi connectivity index (χ4v) is 3.21. The van der Waals surface area contributed by atoms with E-state index in [-0.39, 0.29) is 6.04 Å². The second-order valence-corrected chi connectivity index (χ2v) is 6.36. The molecule has 3 nitrogen and oxygen atoms in total. The van der Waals surface area contributed by atoms with Gasteiger partial charge in [-0.15, -0.1) is 10.2 Å². The van der Waals surface area contributed by atoms with Gasteiger partial charge in [0.15, 0.2) is 0 Å². The monoisotopic (exact) mass is 375 g/mol. The summed E-state index contributed by atoms with van der Waals surface area (Å²) < 4.78 is 2.03. The molecule has 1 heterocycles. The predicted molar refractivity (Wildman–Crippen MR) is 78.0 cm³/mol. The zero-order valence-corrected chi connectivity index (χ0v) is 13.1. The highest BCUT2D eigenvalue weighted by atomic mass is 79.9. The maximum atomic E-state index is 5.94. The highest BCUT2D eigenvalue weighted by molar-refractivity contribution is 9.11. The zero-order valence-electron chi connectivity index (χ0n) is 9.15. The third kappa shape index (κ3) is 2.93. The van der Waals surface area contributed by atoms with Crippen LogP contribution in [0.2, 0.25) is 0 Å². The van der Waals surface area contributed by atoms with Crippen molar-refractivity contribution in [2.24, 2.45) is 5.73 Å². The molecule has 90 valence electrons. The lowest BCUT2D eigenvalue weighted by molar-refractivity contribution is 0.683. The minimum absolute atomic E-state index is 0.0211. The standard InChI is InChI=1S/C11H11Br2N3S/c1-2-9(14)11-16-15-10(17-11)7-5-6(12)3-4-8(7)13/h3-5,9H,2,14H2,1H3. The Bertz CT molecular complexity index is 527. The second kappa shape index (κ2) is 5.56. The van der Waals surface area contributed by atoms with E-state index >= 15 is 0 Å². The van der Waals surface area contributed by atoms with E-state index in [1.807, 2.05) is 25.1 Å². The van der Waals surface area contributed by atoms with Crippen molar-refractivity contribution >= 4 is 43.2 Å². The van der Waals surface area contributed by atoms with Gasteiger partial charge in [-0.3, -0.25) is 0 Å². The van der Waals surface area contributed by atoms with Gasteiger partial charge in [-0.1, -0.05) is 50.1 Å². The second-order valence-electron chi connectivity index (χ2n) is 3.58. The van der Waals surface area contributed by atoms with Gasteiger partial charge in [0.1, 0.15) is 10.0 Å². The van der Waals surface area contributed by atoms with Crippen molar-refractivity contribution in [3.8, 4) is 10.6 Å². The quantitative estimate of drug-likeness (QED) is 0.875. The highest BCUT2D eigenvalue weighted by Crippen LogP contribution is 2.34. The lowest BCUT2D eigenvalue weighted by Gasteiger charge is -2.02. The van der Waals surface area contributed by atoms with Gasteiger partial charge in [0.05, 0.1) is 6.04 Å². The molecule has 1 aromatic heterocycles. The molecule has 0 amide bonds. The number of aromatic nitrogens is 2. The summed E-state index contributed by atoms with van der Waals surface area (Å²) in [7, 11) is 0. The topological polar surface area (TPSA) is 51.8 Å². The molecule has 0 aliphatic rings. The molecule has 0 saturated carbocycles. The van der Waals surface area contributed by atoms with Gasteiger partial charge in [0, 0.05) is 14.5 Å². The third-order valence-corrected chi connectivity index (χ3v) is 4.63. The number of rotatable bonds is 3. The third-order valence-electron chi connectivity index (χ3n) is 2.36. The Hall–Kier alpha value is -0.300. The molecule has 0 spiro atoms. The largest absolute Gasteiger partial charge is 0.322 e. The lowest BCUT2D eigenvalue weighted by atomic mass is 10.2. The molecular formula is C11H11Br2N3S. The first kappa shape index (κ1) is 13.1. The molecule has 2 rings (SSSR count). The molecule has 6 heteroatoms. The van der Waals surface area contributed by atoms with Gasteiger partial charge in [-0.25, -0.2) is 0 Å². The average Bonchev–Trinajstić information content (AvgIpc) is 2.80. The summed E-state index contributed by atoms with van der Waals surface area (Å²) in [4.78, 5) is 0. The van der Waals surface area contributed by atoms with Crippen LogP contribution in [0.15, 0.2) is 27.1 Å². The predicted octanol–water partition coefficient (Wildman–Crippen LogP) is 4.14. The number of hydrogen-bond acceptors (Lipinski definition) is 4. The van der Waals surface area contributed by atoms with Crippen molar-refractivity contribution in [1.29, 1.82) is 0 Å². The van der Waals surface area contributed by atoms with Gasteiger partial charge in [0.2, 0.25) is 0 Å². The Balaban J connectivity index is 2.40. The van der Waals surface area contributed by atoms with Crippen molar-refractivity contribution in [3.05, 3.63) is 32.2 Å². The van der Waals surface area contributed by atoms with Gasteiger partial charge >= 0.3 is 0 Å². The van der Waals surface area contributed by atoms with Crippen molar-refractivity contribution in [1.82, 2.24) is 10.2 Å². The summed E-state index contributed by atoms with van der Waals surface area (Å²) in [6.07, 6.45) is 0.869. The van der Waals surface area contributed by atoms with E-state index in [0.29, 0.717) is 0 Å². The van der Waals surface area contributed by atoms with Crippen LogP contribution in [-0.2, 0) is 0 Å². The van der Waals surface area contributed by atoms with E-state index in [1.165, 1.54) is 0 Å². The molecule has 0 radical (unpaired) electrons. The van der Waals surface area contributed by atoms with Crippen LogP contribution in [0, 0.1) is 0 Å². The highest BCUT2D eigenvalue weighted by Gasteiger charge is 2.13. The van der Waals surface area contributed by atoms with Crippen LogP contribution in [0.3, 0.4) is 0 Å². The SMILES string of the molecule is CCC(N)c1nnc(-c2cc(Br)ccc2Br)s1. The molecule has 17 heavy (non-hydrogen) atoms. The maximum Gasteiger partial charge on any atom is 0.149 e. The number of nitrogens with zero attached hydrogens (tertiary/aromatic N) is 2. The Morgan fingerprint density at radius 3 is 2.82 bits per heavy atom. The van der Waals surface area contributed by atoms with Crippen molar-refractivity contribution in [3.63, 3.8) is 0 Å². The molecule has 0 saturated heterocycles. The van der Waals surface area contributed by atoms with E-state index in [0.717, 1.165) is 30.9 Å². The maximum absolute atomic E-state index is 5.94. The van der Waals surface area contributed by atoms with Crippen LogP contribution >= 0.6 is 43.2 Å². The number of halogens is 2. The first-order valence-corrected chi connectivity index (χ1v) is 7.56. The molecule has 1 unspecified atom stereocenters. The van der Waals surface area contributed by atoms with Crippen LogP contribution in [0.25, 0.3) is 10.6 Å². The minimum Gasteiger partial charge on any atom is -0.322 e.